The van der Waals surface area contributed by atoms with E-state index >= 15 is 0 Å². The van der Waals surface area contributed by atoms with E-state index in [0.29, 0.717) is 17.8 Å². The monoisotopic (exact) mass is 345 g/mol. The van der Waals surface area contributed by atoms with Gasteiger partial charge in [-0.15, -0.1) is 0 Å². The molecule has 7 atom stereocenters. The predicted octanol–water partition coefficient (Wildman–Crippen LogP) is 5.02. The highest BCUT2D eigenvalue weighted by Crippen LogP contribution is 2.65. The van der Waals surface area contributed by atoms with Crippen molar-refractivity contribution in [3.8, 4) is 0 Å². The fraction of sp³-hybridized carbons (Fsp3) is 0.857. The van der Waals surface area contributed by atoms with Crippen LogP contribution < -0.4 is 0 Å². The molecule has 25 heavy (non-hydrogen) atoms. The minimum atomic E-state index is -0.140. The third kappa shape index (κ3) is 2.43. The van der Waals surface area contributed by atoms with Gasteiger partial charge in [-0.05, 0) is 80.1 Å². The highest BCUT2D eigenvalue weighted by molar-refractivity contribution is 5.66. The predicted molar refractivity (Wildman–Crippen MR) is 96.8 cm³/mol. The van der Waals surface area contributed by atoms with Crippen LogP contribution in [-0.4, -0.2) is 18.1 Å². The second kappa shape index (κ2) is 5.92. The van der Waals surface area contributed by atoms with Crippen LogP contribution >= 0.6 is 0 Å². The smallest absolute Gasteiger partial charge is 0.302 e. The molecule has 0 aromatic carbocycles. The highest BCUT2D eigenvalue weighted by atomic mass is 16.5. The Hall–Kier alpha value is -1.19. The quantitative estimate of drug-likeness (QED) is 0.401. The number of carbonyl (C=O) groups is 1. The summed E-state index contributed by atoms with van der Waals surface area (Å²) in [4.78, 5) is 22.9. The maximum atomic E-state index is 11.5. The largest absolute Gasteiger partial charge is 0.462 e. The molecule has 0 aromatic rings. The lowest BCUT2D eigenvalue weighted by molar-refractivity contribution is -0.156. The Labute approximate surface area is 150 Å². The summed E-state index contributed by atoms with van der Waals surface area (Å²) in [6, 6.07) is -0.0922. The number of nitroso groups, excluding NO2 is 1. The molecule has 0 heterocycles. The molecule has 0 bridgehead atoms. The third-order valence-corrected chi connectivity index (χ3v) is 8.41. The number of esters is 1. The molecule has 3 fully saturated rings. The number of ether oxygens (including phenoxy) is 1. The van der Waals surface area contributed by atoms with Crippen LogP contribution in [0.2, 0.25) is 0 Å². The zero-order chi connectivity index (χ0) is 17.8. The Bertz CT molecular complexity index is 614. The Morgan fingerprint density at radius 2 is 1.96 bits per heavy atom. The summed E-state index contributed by atoms with van der Waals surface area (Å²) in [6.45, 7) is 6.29. The van der Waals surface area contributed by atoms with Crippen molar-refractivity contribution in [1.29, 1.82) is 0 Å². The summed E-state index contributed by atoms with van der Waals surface area (Å²) in [5, 5.41) is 3.46. The first-order valence-electron chi connectivity index (χ1n) is 10.1. The van der Waals surface area contributed by atoms with Gasteiger partial charge in [-0.25, -0.2) is 0 Å². The van der Waals surface area contributed by atoms with Gasteiger partial charge >= 0.3 is 5.97 Å². The first-order valence-corrected chi connectivity index (χ1v) is 10.1. The van der Waals surface area contributed by atoms with Gasteiger partial charge < -0.3 is 4.74 Å². The van der Waals surface area contributed by atoms with Gasteiger partial charge in [-0.3, -0.25) is 4.79 Å². The van der Waals surface area contributed by atoms with E-state index in [0.717, 1.165) is 32.1 Å². The number of nitrogens with zero attached hydrogens (tertiary/aromatic N) is 1. The lowest BCUT2D eigenvalue weighted by Gasteiger charge is -2.57. The molecule has 0 N–H and O–H groups in total. The lowest BCUT2D eigenvalue weighted by atomic mass is 9.47. The maximum absolute atomic E-state index is 11.5. The second-order valence-electron chi connectivity index (χ2n) is 9.42. The van der Waals surface area contributed by atoms with Crippen LogP contribution in [0.25, 0.3) is 0 Å². The second-order valence-corrected chi connectivity index (χ2v) is 9.42. The van der Waals surface area contributed by atoms with Gasteiger partial charge in [0.15, 0.2) is 0 Å². The molecule has 2 unspecified atom stereocenters. The molecule has 3 saturated carbocycles. The summed E-state index contributed by atoms with van der Waals surface area (Å²) in [5.41, 5.74) is 1.62. The summed E-state index contributed by atoms with van der Waals surface area (Å²) < 4.78 is 5.72. The van der Waals surface area contributed by atoms with E-state index in [1.54, 1.807) is 0 Å². The van der Waals surface area contributed by atoms with E-state index < -0.39 is 0 Å². The van der Waals surface area contributed by atoms with Crippen LogP contribution in [0.4, 0.5) is 0 Å². The molecule has 138 valence electrons. The third-order valence-electron chi connectivity index (χ3n) is 8.41. The van der Waals surface area contributed by atoms with E-state index in [4.69, 9.17) is 4.74 Å². The number of fused-ring (bicyclic) bond motifs is 5. The minimum absolute atomic E-state index is 0.0879. The molecule has 4 rings (SSSR count). The Balaban J connectivity index is 1.64. The van der Waals surface area contributed by atoms with Gasteiger partial charge in [-0.2, -0.15) is 4.91 Å². The van der Waals surface area contributed by atoms with Gasteiger partial charge in [0.1, 0.15) is 12.1 Å². The molecule has 4 heteroatoms. The fourth-order valence-electron chi connectivity index (χ4n) is 7.24. The highest BCUT2D eigenvalue weighted by Gasteiger charge is 2.60. The molecule has 0 aromatic heterocycles. The van der Waals surface area contributed by atoms with E-state index in [1.807, 2.05) is 0 Å². The molecule has 0 saturated heterocycles. The molecule has 4 nitrogen and oxygen atoms in total. The molecule has 0 amide bonds. The number of rotatable bonds is 2. The van der Waals surface area contributed by atoms with Crippen molar-refractivity contribution in [3.63, 3.8) is 0 Å². The summed E-state index contributed by atoms with van der Waals surface area (Å²) in [5.74, 6) is 1.82. The molecule has 0 aliphatic heterocycles. The summed E-state index contributed by atoms with van der Waals surface area (Å²) in [6.07, 6.45) is 11.3. The van der Waals surface area contributed by atoms with Crippen molar-refractivity contribution in [2.24, 2.45) is 33.8 Å². The average molecular weight is 345 g/mol. The van der Waals surface area contributed by atoms with Crippen molar-refractivity contribution in [2.75, 3.05) is 0 Å². The van der Waals surface area contributed by atoms with Crippen LogP contribution in [0.3, 0.4) is 0 Å². The number of hydrogen-bond donors (Lipinski definition) is 0. The van der Waals surface area contributed by atoms with Gasteiger partial charge in [-0.1, -0.05) is 25.1 Å². The Morgan fingerprint density at radius 1 is 1.16 bits per heavy atom. The zero-order valence-corrected chi connectivity index (χ0v) is 15.8. The normalized spacial score (nSPS) is 48.6. The lowest BCUT2D eigenvalue weighted by Crippen LogP contribution is -2.52. The molecular formula is C21H31NO3. The average Bonchev–Trinajstić information content (AvgIpc) is 2.89. The van der Waals surface area contributed by atoms with Crippen LogP contribution in [0, 0.1) is 33.5 Å². The molecular weight excluding hydrogens is 314 g/mol. The number of allylic oxidation sites excluding steroid dienone is 1. The van der Waals surface area contributed by atoms with Gasteiger partial charge in [0, 0.05) is 12.3 Å². The maximum Gasteiger partial charge on any atom is 0.302 e. The topological polar surface area (TPSA) is 55.7 Å². The van der Waals surface area contributed by atoms with Crippen molar-refractivity contribution in [3.05, 3.63) is 16.6 Å². The van der Waals surface area contributed by atoms with Gasteiger partial charge in [0.05, 0.1) is 0 Å². The van der Waals surface area contributed by atoms with Crippen molar-refractivity contribution in [2.45, 2.75) is 84.3 Å². The summed E-state index contributed by atoms with van der Waals surface area (Å²) >= 11 is 0. The van der Waals surface area contributed by atoms with Crippen LogP contribution in [0.15, 0.2) is 16.8 Å². The van der Waals surface area contributed by atoms with E-state index in [9.17, 15) is 9.70 Å². The standard InChI is InChI=1S/C21H31NO3/c1-13(23)25-19-9-8-15-14-6-7-17-18(22-24)5-4-11-20(17,2)16(14)10-12-21(15,19)3/h7,14-16,18-19H,4-6,8-12H2,1-3H3/t14-,15-,16-,18?,19?,20+,21-/m0/s1. The Kier molecular flexibility index (Phi) is 4.08. The molecule has 4 aliphatic carbocycles. The molecule has 0 radical (unpaired) electrons. The fourth-order valence-corrected chi connectivity index (χ4v) is 7.24. The van der Waals surface area contributed by atoms with E-state index in [-0.39, 0.29) is 28.9 Å². The minimum Gasteiger partial charge on any atom is -0.462 e. The summed E-state index contributed by atoms with van der Waals surface area (Å²) in [7, 11) is 0. The van der Waals surface area contributed by atoms with Crippen LogP contribution in [-0.2, 0) is 9.53 Å². The first kappa shape index (κ1) is 17.2. The van der Waals surface area contributed by atoms with Crippen molar-refractivity contribution < 1.29 is 9.53 Å². The van der Waals surface area contributed by atoms with Crippen molar-refractivity contribution >= 4 is 5.97 Å². The SMILES string of the molecule is CC(=O)OC1CC[C@H]2[C@@H]3CC=C4C(N=O)CCC[C@]4(C)[C@H]3CC[C@]12C. The Morgan fingerprint density at radius 3 is 2.68 bits per heavy atom. The van der Waals surface area contributed by atoms with E-state index in [2.05, 4.69) is 25.1 Å². The zero-order valence-electron chi connectivity index (χ0n) is 15.8. The number of hydrogen-bond acceptors (Lipinski definition) is 4. The van der Waals surface area contributed by atoms with Crippen LogP contribution in [0.5, 0.6) is 0 Å². The van der Waals surface area contributed by atoms with E-state index in [1.165, 1.54) is 31.8 Å². The first-order chi connectivity index (χ1) is 11.9. The van der Waals surface area contributed by atoms with Gasteiger partial charge in [0.25, 0.3) is 0 Å². The van der Waals surface area contributed by atoms with Gasteiger partial charge in [0.2, 0.25) is 0 Å². The van der Waals surface area contributed by atoms with Crippen LogP contribution in [0.1, 0.15) is 72.1 Å². The molecule has 0 spiro atoms. The molecule has 4 aliphatic rings. The van der Waals surface area contributed by atoms with Crippen molar-refractivity contribution in [1.82, 2.24) is 0 Å². The number of carbonyl (C=O) groups excluding carboxylic acids is 1.